The number of nitrogens with zero attached hydrogens (tertiary/aromatic N) is 1. The van der Waals surface area contributed by atoms with Crippen LogP contribution in [-0.2, 0) is 4.74 Å². The lowest BCUT2D eigenvalue weighted by molar-refractivity contribution is -0.833. The average molecular weight is 449 g/mol. The molecular formula is C32H34NO+. The number of hydrogen-bond acceptors (Lipinski definition) is 1. The summed E-state index contributed by atoms with van der Waals surface area (Å²) in [5.74, 6) is 1.33. The third-order valence-corrected chi connectivity index (χ3v) is 7.15. The van der Waals surface area contributed by atoms with Crippen LogP contribution in [0.5, 0.6) is 0 Å². The van der Waals surface area contributed by atoms with Gasteiger partial charge in [0.2, 0.25) is 0 Å². The smallest absolute Gasteiger partial charge is 0.124 e. The first-order valence-corrected chi connectivity index (χ1v) is 12.2. The Balaban J connectivity index is 1.78. The van der Waals surface area contributed by atoms with Crippen LogP contribution < -0.4 is 0 Å². The summed E-state index contributed by atoms with van der Waals surface area (Å²) in [6.45, 7) is 2.72. The van der Waals surface area contributed by atoms with Crippen LogP contribution in [0.4, 0.5) is 0 Å². The molecule has 0 bridgehead atoms. The lowest BCUT2D eigenvalue weighted by atomic mass is 9.70. The molecule has 3 aromatic rings. The molecule has 2 aliphatic carbocycles. The molecule has 2 atom stereocenters. The molecule has 0 saturated heterocycles. The molecule has 0 saturated carbocycles. The molecule has 5 rings (SSSR count). The van der Waals surface area contributed by atoms with Crippen molar-refractivity contribution in [3.8, 4) is 0 Å². The van der Waals surface area contributed by atoms with Crippen LogP contribution in [0, 0.1) is 5.41 Å². The first kappa shape index (κ1) is 22.4. The van der Waals surface area contributed by atoms with Crippen LogP contribution in [0.15, 0.2) is 115 Å². The van der Waals surface area contributed by atoms with E-state index in [0.717, 1.165) is 16.7 Å². The standard InChI is InChI=1S/C32H34NO/c1-5-34-30-21-28(25-17-11-7-12-18-25)32(31(30)26-19-13-8-14-20-26)22-27(24-15-9-6-10-16-24)29(23-32)33(2,3)4/h6-21,23,27H,5,22H2,1-4H3/q+1/t27?,32-/m1/s1. The van der Waals surface area contributed by atoms with Crippen molar-refractivity contribution in [2.75, 3.05) is 27.7 Å². The van der Waals surface area contributed by atoms with Gasteiger partial charge in [0.05, 0.1) is 33.7 Å². The Morgan fingerprint density at radius 3 is 1.91 bits per heavy atom. The summed E-state index contributed by atoms with van der Waals surface area (Å²) in [4.78, 5) is 0. The molecule has 0 aliphatic heterocycles. The Labute approximate surface area is 204 Å². The second kappa shape index (κ2) is 8.77. The van der Waals surface area contributed by atoms with Crippen molar-refractivity contribution in [2.45, 2.75) is 19.3 Å². The fourth-order valence-corrected chi connectivity index (χ4v) is 5.75. The van der Waals surface area contributed by atoms with Gasteiger partial charge >= 0.3 is 0 Å². The van der Waals surface area contributed by atoms with Gasteiger partial charge in [-0.2, -0.15) is 0 Å². The summed E-state index contributed by atoms with van der Waals surface area (Å²) in [7, 11) is 6.87. The SMILES string of the molecule is CCOC1=C(c2ccccc2)[C@]2(C=C([N+](C)(C)C)C(c3ccccc3)C2)C(c2ccccc2)=C1. The predicted octanol–water partition coefficient (Wildman–Crippen LogP) is 7.30. The number of rotatable bonds is 6. The highest BCUT2D eigenvalue weighted by Crippen LogP contribution is 2.63. The van der Waals surface area contributed by atoms with Crippen LogP contribution >= 0.6 is 0 Å². The fraction of sp³-hybridized carbons (Fsp3) is 0.250. The van der Waals surface area contributed by atoms with Gasteiger partial charge in [0.1, 0.15) is 11.5 Å². The van der Waals surface area contributed by atoms with Crippen molar-refractivity contribution in [3.05, 3.63) is 131 Å². The quantitative estimate of drug-likeness (QED) is 0.360. The van der Waals surface area contributed by atoms with Crippen molar-refractivity contribution < 1.29 is 9.22 Å². The Kier molecular flexibility index (Phi) is 5.79. The molecule has 0 fully saturated rings. The zero-order valence-electron chi connectivity index (χ0n) is 20.7. The van der Waals surface area contributed by atoms with Crippen LogP contribution in [0.1, 0.15) is 36.0 Å². The van der Waals surface area contributed by atoms with Crippen LogP contribution in [0.3, 0.4) is 0 Å². The van der Waals surface area contributed by atoms with Gasteiger partial charge in [0.15, 0.2) is 0 Å². The van der Waals surface area contributed by atoms with Gasteiger partial charge in [0.25, 0.3) is 0 Å². The van der Waals surface area contributed by atoms with Crippen molar-refractivity contribution in [2.24, 2.45) is 5.41 Å². The van der Waals surface area contributed by atoms with Gasteiger partial charge in [-0.3, -0.25) is 0 Å². The van der Waals surface area contributed by atoms with Gasteiger partial charge in [-0.15, -0.1) is 0 Å². The van der Waals surface area contributed by atoms with Gasteiger partial charge in [-0.25, -0.2) is 0 Å². The summed E-state index contributed by atoms with van der Waals surface area (Å²) in [5.41, 5.74) is 7.69. The molecule has 0 heterocycles. The molecule has 0 amide bonds. The van der Waals surface area contributed by atoms with E-state index in [4.69, 9.17) is 4.74 Å². The Morgan fingerprint density at radius 2 is 1.35 bits per heavy atom. The van der Waals surface area contributed by atoms with E-state index in [1.165, 1.54) is 33.5 Å². The van der Waals surface area contributed by atoms with E-state index < -0.39 is 0 Å². The van der Waals surface area contributed by atoms with E-state index in [1.54, 1.807) is 0 Å². The van der Waals surface area contributed by atoms with Gasteiger partial charge in [-0.05, 0) is 47.8 Å². The largest absolute Gasteiger partial charge is 0.494 e. The second-order valence-corrected chi connectivity index (χ2v) is 10.2. The zero-order valence-corrected chi connectivity index (χ0v) is 20.7. The molecule has 1 unspecified atom stereocenters. The Hall–Kier alpha value is -3.36. The zero-order chi connectivity index (χ0) is 23.8. The minimum Gasteiger partial charge on any atom is -0.494 e. The first-order chi connectivity index (χ1) is 16.4. The molecule has 3 aromatic carbocycles. The topological polar surface area (TPSA) is 9.23 Å². The van der Waals surface area contributed by atoms with Crippen molar-refractivity contribution in [3.63, 3.8) is 0 Å². The van der Waals surface area contributed by atoms with Crippen LogP contribution in [0.2, 0.25) is 0 Å². The highest BCUT2D eigenvalue weighted by molar-refractivity contribution is 5.97. The van der Waals surface area contributed by atoms with Crippen molar-refractivity contribution in [1.29, 1.82) is 0 Å². The maximum Gasteiger partial charge on any atom is 0.124 e. The Bertz CT molecular complexity index is 1250. The van der Waals surface area contributed by atoms with E-state index >= 15 is 0 Å². The predicted molar refractivity (Wildman–Crippen MR) is 142 cm³/mol. The highest BCUT2D eigenvalue weighted by atomic mass is 16.5. The summed E-state index contributed by atoms with van der Waals surface area (Å²) >= 11 is 0. The number of quaternary nitrogens is 1. The van der Waals surface area contributed by atoms with Gasteiger partial charge in [-0.1, -0.05) is 91.0 Å². The summed E-state index contributed by atoms with van der Waals surface area (Å²) in [6.07, 6.45) is 5.86. The van der Waals surface area contributed by atoms with E-state index in [1.807, 2.05) is 0 Å². The molecule has 2 aliphatic rings. The van der Waals surface area contributed by atoms with Crippen molar-refractivity contribution >= 4 is 11.1 Å². The van der Waals surface area contributed by atoms with Crippen LogP contribution in [0.25, 0.3) is 11.1 Å². The normalized spacial score (nSPS) is 22.2. The van der Waals surface area contributed by atoms with E-state index in [2.05, 4.69) is 131 Å². The molecule has 0 aromatic heterocycles. The molecule has 172 valence electrons. The molecule has 1 spiro atoms. The average Bonchev–Trinajstić information content (AvgIpc) is 3.40. The third kappa shape index (κ3) is 3.82. The maximum atomic E-state index is 6.34. The number of ether oxygens (including phenoxy) is 1. The molecule has 2 nitrogen and oxygen atoms in total. The molecule has 34 heavy (non-hydrogen) atoms. The number of hydrogen-bond donors (Lipinski definition) is 0. The monoisotopic (exact) mass is 448 g/mol. The van der Waals surface area contributed by atoms with E-state index in [0.29, 0.717) is 12.5 Å². The van der Waals surface area contributed by atoms with E-state index in [-0.39, 0.29) is 5.41 Å². The minimum atomic E-state index is -0.255. The minimum absolute atomic E-state index is 0.255. The van der Waals surface area contributed by atoms with Gasteiger partial charge < -0.3 is 9.22 Å². The summed E-state index contributed by atoms with van der Waals surface area (Å²) in [6, 6.07) is 32.7. The summed E-state index contributed by atoms with van der Waals surface area (Å²) in [5, 5.41) is 0. The number of benzene rings is 3. The third-order valence-electron chi connectivity index (χ3n) is 7.15. The number of allylic oxidation sites excluding steroid dienone is 5. The maximum absolute atomic E-state index is 6.34. The van der Waals surface area contributed by atoms with Crippen LogP contribution in [-0.4, -0.2) is 32.2 Å². The Morgan fingerprint density at radius 1 is 0.794 bits per heavy atom. The second-order valence-electron chi connectivity index (χ2n) is 10.2. The molecule has 0 radical (unpaired) electrons. The van der Waals surface area contributed by atoms with Gasteiger partial charge in [0, 0.05) is 11.0 Å². The van der Waals surface area contributed by atoms with E-state index in [9.17, 15) is 0 Å². The highest BCUT2D eigenvalue weighted by Gasteiger charge is 2.53. The molecule has 2 heteroatoms. The summed E-state index contributed by atoms with van der Waals surface area (Å²) < 4.78 is 7.14. The number of likely N-dealkylation sites (N-methyl/N-ethyl adjacent to an activating group) is 1. The molecule has 0 N–H and O–H groups in total. The lowest BCUT2D eigenvalue weighted by Gasteiger charge is -2.31. The first-order valence-electron chi connectivity index (χ1n) is 12.2. The fourth-order valence-electron chi connectivity index (χ4n) is 5.75. The molecular weight excluding hydrogens is 414 g/mol. The van der Waals surface area contributed by atoms with Crippen molar-refractivity contribution in [1.82, 2.24) is 0 Å². The lowest BCUT2D eigenvalue weighted by Crippen LogP contribution is -2.35.